The number of nitrogens with one attached hydrogen (secondary N) is 1. The number of anilines is 2. The van der Waals surface area contributed by atoms with Gasteiger partial charge in [-0.15, -0.1) is 0 Å². The summed E-state index contributed by atoms with van der Waals surface area (Å²) in [6.07, 6.45) is 3.26. The molecule has 25 heavy (non-hydrogen) atoms. The molecule has 0 fully saturated rings. The maximum atomic E-state index is 12.6. The standard InChI is InChI=1S/C18H22N6O/c1-12(2)11-23(3)15-8-7-14-16(22-24(4)17(14)21-15)18(25)20-13-6-5-9-19-10-13/h5-10,12H,11H2,1-4H3,(H,20,25). The zero-order valence-electron chi connectivity index (χ0n) is 14.9. The lowest BCUT2D eigenvalue weighted by atomic mass is 10.2. The second-order valence-corrected chi connectivity index (χ2v) is 6.48. The van der Waals surface area contributed by atoms with Gasteiger partial charge in [0.15, 0.2) is 11.3 Å². The van der Waals surface area contributed by atoms with Crippen LogP contribution >= 0.6 is 0 Å². The molecule has 0 aromatic carbocycles. The zero-order chi connectivity index (χ0) is 18.0. The molecule has 1 amide bonds. The Morgan fingerprint density at radius 3 is 2.80 bits per heavy atom. The highest BCUT2D eigenvalue weighted by molar-refractivity contribution is 6.10. The first-order valence-electron chi connectivity index (χ1n) is 8.22. The maximum Gasteiger partial charge on any atom is 0.276 e. The Hall–Kier alpha value is -2.96. The van der Waals surface area contributed by atoms with E-state index in [2.05, 4.69) is 39.1 Å². The molecule has 0 spiro atoms. The Morgan fingerprint density at radius 1 is 1.32 bits per heavy atom. The molecule has 0 radical (unpaired) electrons. The third-order valence-corrected chi connectivity index (χ3v) is 3.84. The van der Waals surface area contributed by atoms with Crippen molar-refractivity contribution in [1.82, 2.24) is 19.7 Å². The van der Waals surface area contributed by atoms with Crippen LogP contribution < -0.4 is 10.2 Å². The van der Waals surface area contributed by atoms with Gasteiger partial charge in [0.05, 0.1) is 17.3 Å². The maximum absolute atomic E-state index is 12.6. The van der Waals surface area contributed by atoms with Crippen LogP contribution in [0.25, 0.3) is 11.0 Å². The van der Waals surface area contributed by atoms with E-state index in [9.17, 15) is 4.79 Å². The highest BCUT2D eigenvalue weighted by Gasteiger charge is 2.18. The minimum absolute atomic E-state index is 0.274. The summed E-state index contributed by atoms with van der Waals surface area (Å²) in [4.78, 5) is 23.3. The van der Waals surface area contributed by atoms with Gasteiger partial charge in [-0.05, 0) is 30.2 Å². The van der Waals surface area contributed by atoms with Crippen molar-refractivity contribution in [2.24, 2.45) is 13.0 Å². The topological polar surface area (TPSA) is 75.9 Å². The average Bonchev–Trinajstić information content (AvgIpc) is 2.92. The number of carbonyl (C=O) groups is 1. The first kappa shape index (κ1) is 16.9. The fourth-order valence-electron chi connectivity index (χ4n) is 2.77. The summed E-state index contributed by atoms with van der Waals surface area (Å²) in [6.45, 7) is 5.24. The second kappa shape index (κ2) is 6.88. The summed E-state index contributed by atoms with van der Waals surface area (Å²) in [5.74, 6) is 1.13. The molecule has 0 unspecified atom stereocenters. The smallest absolute Gasteiger partial charge is 0.276 e. The molecule has 1 N–H and O–H groups in total. The van der Waals surface area contributed by atoms with Crippen molar-refractivity contribution in [3.05, 3.63) is 42.4 Å². The SMILES string of the molecule is CC(C)CN(C)c1ccc2c(C(=O)Nc3cccnc3)nn(C)c2n1. The minimum Gasteiger partial charge on any atom is -0.359 e. The summed E-state index contributed by atoms with van der Waals surface area (Å²) in [5.41, 5.74) is 1.67. The Kier molecular flexibility index (Phi) is 4.65. The number of hydrogen-bond acceptors (Lipinski definition) is 5. The summed E-state index contributed by atoms with van der Waals surface area (Å²) < 4.78 is 1.64. The third-order valence-electron chi connectivity index (χ3n) is 3.84. The highest BCUT2D eigenvalue weighted by Crippen LogP contribution is 2.21. The Morgan fingerprint density at radius 2 is 2.12 bits per heavy atom. The van der Waals surface area contributed by atoms with Gasteiger partial charge >= 0.3 is 0 Å². The molecule has 3 aromatic rings. The molecule has 0 saturated heterocycles. The zero-order valence-corrected chi connectivity index (χ0v) is 14.9. The van der Waals surface area contributed by atoms with Crippen molar-refractivity contribution < 1.29 is 4.79 Å². The van der Waals surface area contributed by atoms with Crippen molar-refractivity contribution in [2.75, 3.05) is 23.8 Å². The summed E-state index contributed by atoms with van der Waals surface area (Å²) >= 11 is 0. The predicted octanol–water partition coefficient (Wildman–Crippen LogP) is 2.71. The number of aromatic nitrogens is 4. The highest BCUT2D eigenvalue weighted by atomic mass is 16.2. The number of nitrogens with zero attached hydrogens (tertiary/aromatic N) is 5. The van der Waals surface area contributed by atoms with Crippen LogP contribution in [0.4, 0.5) is 11.5 Å². The molecule has 0 aliphatic carbocycles. The van der Waals surface area contributed by atoms with E-state index in [4.69, 9.17) is 0 Å². The molecule has 0 aliphatic heterocycles. The first-order chi connectivity index (χ1) is 12.0. The Bertz CT molecular complexity index is 887. The summed E-state index contributed by atoms with van der Waals surface area (Å²) in [7, 11) is 3.81. The van der Waals surface area contributed by atoms with E-state index in [1.54, 1.807) is 36.3 Å². The van der Waals surface area contributed by atoms with Crippen LogP contribution in [0, 0.1) is 5.92 Å². The van der Waals surface area contributed by atoms with Gasteiger partial charge in [0.2, 0.25) is 0 Å². The predicted molar refractivity (Wildman–Crippen MR) is 98.8 cm³/mol. The summed E-state index contributed by atoms with van der Waals surface area (Å²) in [5, 5.41) is 7.89. The number of amides is 1. The van der Waals surface area contributed by atoms with E-state index in [0.29, 0.717) is 22.9 Å². The third kappa shape index (κ3) is 3.60. The first-order valence-corrected chi connectivity index (χ1v) is 8.22. The molecular formula is C18H22N6O. The Balaban J connectivity index is 1.91. The van der Waals surface area contributed by atoms with Gasteiger partial charge in [0, 0.05) is 26.8 Å². The van der Waals surface area contributed by atoms with Crippen LogP contribution in [-0.2, 0) is 7.05 Å². The number of aryl methyl sites for hydroxylation is 1. The van der Waals surface area contributed by atoms with Gasteiger partial charge in [-0.1, -0.05) is 13.8 Å². The van der Waals surface area contributed by atoms with Crippen LogP contribution in [-0.4, -0.2) is 39.2 Å². The quantitative estimate of drug-likeness (QED) is 0.774. The van der Waals surface area contributed by atoms with Crippen LogP contribution in [0.2, 0.25) is 0 Å². The molecule has 130 valence electrons. The lowest BCUT2D eigenvalue weighted by molar-refractivity contribution is 0.102. The van der Waals surface area contributed by atoms with E-state index in [-0.39, 0.29) is 5.91 Å². The van der Waals surface area contributed by atoms with Crippen LogP contribution in [0.1, 0.15) is 24.3 Å². The lowest BCUT2D eigenvalue weighted by Gasteiger charge is -2.20. The number of fused-ring (bicyclic) bond motifs is 1. The fraction of sp³-hybridized carbons (Fsp3) is 0.333. The van der Waals surface area contributed by atoms with Crippen molar-refractivity contribution in [3.63, 3.8) is 0 Å². The van der Waals surface area contributed by atoms with Gasteiger partial charge in [-0.25, -0.2) is 9.67 Å². The fourth-order valence-corrected chi connectivity index (χ4v) is 2.77. The monoisotopic (exact) mass is 338 g/mol. The van der Waals surface area contributed by atoms with Crippen molar-refractivity contribution in [1.29, 1.82) is 0 Å². The number of pyridine rings is 2. The number of hydrogen-bond donors (Lipinski definition) is 1. The van der Waals surface area contributed by atoms with Crippen molar-refractivity contribution in [2.45, 2.75) is 13.8 Å². The van der Waals surface area contributed by atoms with Crippen LogP contribution in [0.3, 0.4) is 0 Å². The largest absolute Gasteiger partial charge is 0.359 e. The molecule has 7 heteroatoms. The van der Waals surface area contributed by atoms with E-state index in [1.807, 2.05) is 19.2 Å². The molecule has 3 rings (SSSR count). The normalized spacial score (nSPS) is 11.1. The molecule has 3 heterocycles. The van der Waals surface area contributed by atoms with Gasteiger partial charge in [-0.3, -0.25) is 9.78 Å². The molecule has 3 aromatic heterocycles. The molecular weight excluding hydrogens is 316 g/mol. The molecule has 0 saturated carbocycles. The number of carbonyl (C=O) groups excluding carboxylic acids is 1. The van der Waals surface area contributed by atoms with Crippen LogP contribution in [0.5, 0.6) is 0 Å². The van der Waals surface area contributed by atoms with E-state index in [0.717, 1.165) is 17.7 Å². The van der Waals surface area contributed by atoms with Crippen molar-refractivity contribution in [3.8, 4) is 0 Å². The Labute approximate surface area is 146 Å². The van der Waals surface area contributed by atoms with Gasteiger partial charge in [0.25, 0.3) is 5.91 Å². The molecule has 0 aliphatic rings. The van der Waals surface area contributed by atoms with E-state index < -0.39 is 0 Å². The van der Waals surface area contributed by atoms with Gasteiger partial charge in [0.1, 0.15) is 5.82 Å². The van der Waals surface area contributed by atoms with Gasteiger partial charge in [-0.2, -0.15) is 5.10 Å². The minimum atomic E-state index is -0.274. The lowest BCUT2D eigenvalue weighted by Crippen LogP contribution is -2.23. The van der Waals surface area contributed by atoms with E-state index in [1.165, 1.54) is 0 Å². The second-order valence-electron chi connectivity index (χ2n) is 6.48. The van der Waals surface area contributed by atoms with Gasteiger partial charge < -0.3 is 10.2 Å². The summed E-state index contributed by atoms with van der Waals surface area (Å²) in [6, 6.07) is 7.38. The van der Waals surface area contributed by atoms with E-state index >= 15 is 0 Å². The van der Waals surface area contributed by atoms with Crippen LogP contribution in [0.15, 0.2) is 36.7 Å². The average molecular weight is 338 g/mol. The molecule has 0 bridgehead atoms. The van der Waals surface area contributed by atoms with Crippen molar-refractivity contribution >= 4 is 28.4 Å². The number of rotatable bonds is 5. The molecule has 7 nitrogen and oxygen atoms in total. The molecule has 0 atom stereocenters.